The SMILES string of the molecule is CN1CCCC(CCNCC(N)CO)C1. The number of aliphatic hydroxyl groups excluding tert-OH is 1. The number of nitrogens with one attached hydrogen (secondary N) is 1. The van der Waals surface area contributed by atoms with Crippen molar-refractivity contribution in [2.45, 2.75) is 25.3 Å². The molecule has 0 saturated carbocycles. The van der Waals surface area contributed by atoms with Gasteiger partial charge >= 0.3 is 0 Å². The molecule has 1 heterocycles. The molecule has 1 aliphatic rings. The Bertz CT molecular complexity index is 166. The molecule has 1 aliphatic heterocycles. The highest BCUT2D eigenvalue weighted by atomic mass is 16.3. The Labute approximate surface area is 92.8 Å². The minimum Gasteiger partial charge on any atom is -0.395 e. The summed E-state index contributed by atoms with van der Waals surface area (Å²) in [5.74, 6) is 0.835. The molecule has 2 unspecified atom stereocenters. The van der Waals surface area contributed by atoms with Gasteiger partial charge in [-0.15, -0.1) is 0 Å². The van der Waals surface area contributed by atoms with Gasteiger partial charge in [-0.1, -0.05) is 0 Å². The lowest BCUT2D eigenvalue weighted by Crippen LogP contribution is -2.38. The van der Waals surface area contributed by atoms with Crippen LogP contribution in [0.2, 0.25) is 0 Å². The van der Waals surface area contributed by atoms with E-state index < -0.39 is 0 Å². The fourth-order valence-corrected chi connectivity index (χ4v) is 2.17. The number of hydrogen-bond acceptors (Lipinski definition) is 4. The van der Waals surface area contributed by atoms with Crippen molar-refractivity contribution >= 4 is 0 Å². The van der Waals surface area contributed by atoms with E-state index in [0.29, 0.717) is 0 Å². The van der Waals surface area contributed by atoms with Gasteiger partial charge in [0.05, 0.1) is 6.61 Å². The lowest BCUT2D eigenvalue weighted by molar-refractivity contribution is 0.200. The summed E-state index contributed by atoms with van der Waals surface area (Å²) in [6.07, 6.45) is 3.91. The molecular formula is C11H25N3O. The molecule has 90 valence electrons. The second kappa shape index (κ2) is 7.17. The van der Waals surface area contributed by atoms with E-state index in [2.05, 4.69) is 17.3 Å². The van der Waals surface area contributed by atoms with Gasteiger partial charge in [0, 0.05) is 19.1 Å². The van der Waals surface area contributed by atoms with Crippen molar-refractivity contribution in [3.8, 4) is 0 Å². The van der Waals surface area contributed by atoms with Crippen LogP contribution in [0.15, 0.2) is 0 Å². The van der Waals surface area contributed by atoms with Crippen LogP contribution in [-0.2, 0) is 0 Å². The summed E-state index contributed by atoms with van der Waals surface area (Å²) in [5, 5.41) is 12.0. The molecule has 15 heavy (non-hydrogen) atoms. The fraction of sp³-hybridized carbons (Fsp3) is 1.00. The first-order valence-electron chi connectivity index (χ1n) is 5.98. The average Bonchev–Trinajstić information content (AvgIpc) is 2.24. The van der Waals surface area contributed by atoms with Crippen LogP contribution < -0.4 is 11.1 Å². The second-order valence-electron chi connectivity index (χ2n) is 4.71. The largest absolute Gasteiger partial charge is 0.395 e. The molecule has 0 aliphatic carbocycles. The van der Waals surface area contributed by atoms with Crippen LogP contribution in [-0.4, -0.2) is 55.9 Å². The molecule has 1 fully saturated rings. The van der Waals surface area contributed by atoms with Crippen molar-refractivity contribution in [2.24, 2.45) is 11.7 Å². The average molecular weight is 215 g/mol. The predicted octanol–water partition coefficient (Wildman–Crippen LogP) is -0.372. The molecular weight excluding hydrogens is 190 g/mol. The summed E-state index contributed by atoms with van der Waals surface area (Å²) in [6.45, 7) is 4.29. The van der Waals surface area contributed by atoms with Gasteiger partial charge in [0.2, 0.25) is 0 Å². The molecule has 1 saturated heterocycles. The molecule has 0 aromatic rings. The van der Waals surface area contributed by atoms with Crippen molar-refractivity contribution in [1.29, 1.82) is 0 Å². The third-order valence-corrected chi connectivity index (χ3v) is 3.09. The van der Waals surface area contributed by atoms with Gasteiger partial charge in [0.25, 0.3) is 0 Å². The molecule has 0 spiro atoms. The quantitative estimate of drug-likeness (QED) is 0.529. The molecule has 4 N–H and O–H groups in total. The molecule has 0 aromatic heterocycles. The molecule has 1 rings (SSSR count). The first-order valence-corrected chi connectivity index (χ1v) is 5.98. The van der Waals surface area contributed by atoms with Crippen molar-refractivity contribution in [3.63, 3.8) is 0 Å². The van der Waals surface area contributed by atoms with Crippen LogP contribution in [0, 0.1) is 5.92 Å². The second-order valence-corrected chi connectivity index (χ2v) is 4.71. The lowest BCUT2D eigenvalue weighted by Gasteiger charge is -2.29. The van der Waals surface area contributed by atoms with E-state index in [1.807, 2.05) is 0 Å². The Morgan fingerprint density at radius 2 is 2.40 bits per heavy atom. The Kier molecular flexibility index (Phi) is 6.17. The molecule has 0 bridgehead atoms. The summed E-state index contributed by atoms with van der Waals surface area (Å²) >= 11 is 0. The fourth-order valence-electron chi connectivity index (χ4n) is 2.17. The van der Waals surface area contributed by atoms with E-state index in [1.165, 1.54) is 32.4 Å². The standard InChI is InChI=1S/C11H25N3O/c1-14-6-2-3-10(8-14)4-5-13-7-11(12)9-15/h10-11,13,15H,2-9,12H2,1H3. The molecule has 0 radical (unpaired) electrons. The van der Waals surface area contributed by atoms with Crippen LogP contribution >= 0.6 is 0 Å². The maximum Gasteiger partial charge on any atom is 0.0594 e. The summed E-state index contributed by atoms with van der Waals surface area (Å²) in [4.78, 5) is 2.41. The Morgan fingerprint density at radius 3 is 3.07 bits per heavy atom. The van der Waals surface area contributed by atoms with Gasteiger partial charge in [-0.2, -0.15) is 0 Å². The van der Waals surface area contributed by atoms with E-state index >= 15 is 0 Å². The van der Waals surface area contributed by atoms with Gasteiger partial charge < -0.3 is 21.1 Å². The number of hydrogen-bond donors (Lipinski definition) is 3. The van der Waals surface area contributed by atoms with Crippen molar-refractivity contribution in [3.05, 3.63) is 0 Å². The maximum atomic E-state index is 8.75. The Balaban J connectivity index is 1.99. The summed E-state index contributed by atoms with van der Waals surface area (Å²) in [7, 11) is 2.20. The molecule has 4 nitrogen and oxygen atoms in total. The normalized spacial score (nSPS) is 25.4. The van der Waals surface area contributed by atoms with Crippen molar-refractivity contribution in [1.82, 2.24) is 10.2 Å². The van der Waals surface area contributed by atoms with E-state index in [-0.39, 0.29) is 12.6 Å². The molecule has 0 aromatic carbocycles. The number of nitrogens with zero attached hydrogens (tertiary/aromatic N) is 1. The molecule has 4 heteroatoms. The first kappa shape index (κ1) is 12.9. The Hall–Kier alpha value is -0.160. The van der Waals surface area contributed by atoms with E-state index in [0.717, 1.165) is 19.0 Å². The smallest absolute Gasteiger partial charge is 0.0594 e. The topological polar surface area (TPSA) is 61.5 Å². The molecule has 2 atom stereocenters. The molecule has 0 amide bonds. The predicted molar refractivity (Wildman–Crippen MR) is 62.8 cm³/mol. The number of piperidine rings is 1. The third-order valence-electron chi connectivity index (χ3n) is 3.09. The van der Waals surface area contributed by atoms with E-state index in [4.69, 9.17) is 10.8 Å². The van der Waals surface area contributed by atoms with Crippen molar-refractivity contribution < 1.29 is 5.11 Å². The highest BCUT2D eigenvalue weighted by Crippen LogP contribution is 2.17. The van der Waals surface area contributed by atoms with Crippen LogP contribution in [0.4, 0.5) is 0 Å². The number of aliphatic hydroxyl groups is 1. The maximum absolute atomic E-state index is 8.75. The summed E-state index contributed by atoms with van der Waals surface area (Å²) in [5.41, 5.74) is 5.59. The summed E-state index contributed by atoms with van der Waals surface area (Å²) in [6, 6.07) is -0.112. The van der Waals surface area contributed by atoms with Crippen LogP contribution in [0.3, 0.4) is 0 Å². The highest BCUT2D eigenvalue weighted by molar-refractivity contribution is 4.72. The van der Waals surface area contributed by atoms with Crippen LogP contribution in [0.5, 0.6) is 0 Å². The first-order chi connectivity index (χ1) is 7.22. The van der Waals surface area contributed by atoms with Gasteiger partial charge in [-0.05, 0) is 45.3 Å². The zero-order chi connectivity index (χ0) is 11.1. The minimum atomic E-state index is -0.112. The lowest BCUT2D eigenvalue weighted by atomic mass is 9.95. The number of nitrogens with two attached hydrogens (primary N) is 1. The zero-order valence-electron chi connectivity index (χ0n) is 9.78. The van der Waals surface area contributed by atoms with Gasteiger partial charge in [0.15, 0.2) is 0 Å². The van der Waals surface area contributed by atoms with Crippen LogP contribution in [0.1, 0.15) is 19.3 Å². The minimum absolute atomic E-state index is 0.0686. The number of likely N-dealkylation sites (tertiary alicyclic amines) is 1. The Morgan fingerprint density at radius 1 is 1.60 bits per heavy atom. The summed E-state index contributed by atoms with van der Waals surface area (Å²) < 4.78 is 0. The number of rotatable bonds is 6. The third kappa shape index (κ3) is 5.47. The highest BCUT2D eigenvalue weighted by Gasteiger charge is 2.16. The van der Waals surface area contributed by atoms with E-state index in [9.17, 15) is 0 Å². The van der Waals surface area contributed by atoms with Gasteiger partial charge in [-0.25, -0.2) is 0 Å². The van der Waals surface area contributed by atoms with Crippen molar-refractivity contribution in [2.75, 3.05) is 39.8 Å². The monoisotopic (exact) mass is 215 g/mol. The van der Waals surface area contributed by atoms with E-state index in [1.54, 1.807) is 0 Å². The van der Waals surface area contributed by atoms with Gasteiger partial charge in [0.1, 0.15) is 0 Å². The van der Waals surface area contributed by atoms with Gasteiger partial charge in [-0.3, -0.25) is 0 Å². The zero-order valence-corrected chi connectivity index (χ0v) is 9.78. The van der Waals surface area contributed by atoms with Crippen LogP contribution in [0.25, 0.3) is 0 Å².